The number of benzene rings is 1. The van der Waals surface area contributed by atoms with Gasteiger partial charge in [0.25, 0.3) is 0 Å². The van der Waals surface area contributed by atoms with Crippen LogP contribution in [0.25, 0.3) is 28.0 Å². The fourth-order valence-electron chi connectivity index (χ4n) is 3.36. The number of nitrogens with two attached hydrogens (primary N) is 1. The lowest BCUT2D eigenvalue weighted by molar-refractivity contribution is -0.192. The molecule has 3 aromatic heterocycles. The minimum Gasteiger partial charge on any atom is -0.475 e. The Bertz CT molecular complexity index is 1500. The zero-order valence-electron chi connectivity index (χ0n) is 20.5. The third kappa shape index (κ3) is 6.96. The first-order chi connectivity index (χ1) is 17.7. The average molecular weight is 546 g/mol. The number of nitriles is 1. The molecule has 0 aliphatic rings. The molecule has 0 saturated heterocycles. The van der Waals surface area contributed by atoms with Crippen molar-refractivity contribution in [1.82, 2.24) is 19.6 Å². The van der Waals surface area contributed by atoms with Crippen molar-refractivity contribution < 1.29 is 23.1 Å². The van der Waals surface area contributed by atoms with Gasteiger partial charge in [-0.15, -0.1) is 0 Å². The summed E-state index contributed by atoms with van der Waals surface area (Å²) < 4.78 is 33.4. The quantitative estimate of drug-likeness (QED) is 0.295. The molecular weight excluding hydrogens is 523 g/mol. The fraction of sp³-hybridized carbons (Fsp3) is 0.240. The van der Waals surface area contributed by atoms with Gasteiger partial charge in [-0.2, -0.15) is 23.5 Å². The highest BCUT2D eigenvalue weighted by Crippen LogP contribution is 2.37. The van der Waals surface area contributed by atoms with Crippen LogP contribution in [0.4, 0.5) is 19.0 Å². The van der Waals surface area contributed by atoms with Gasteiger partial charge in [-0.3, -0.25) is 0 Å². The third-order valence-corrected chi connectivity index (χ3v) is 5.16. The van der Waals surface area contributed by atoms with Gasteiger partial charge in [-0.05, 0) is 50.6 Å². The summed E-state index contributed by atoms with van der Waals surface area (Å²) in [4.78, 5) is 18.0. The van der Waals surface area contributed by atoms with E-state index in [-0.39, 0.29) is 5.54 Å². The van der Waals surface area contributed by atoms with Gasteiger partial charge in [0.1, 0.15) is 16.7 Å². The van der Waals surface area contributed by atoms with E-state index >= 15 is 0 Å². The topological polar surface area (TPSA) is 142 Å². The van der Waals surface area contributed by atoms with Gasteiger partial charge < -0.3 is 16.2 Å². The molecule has 0 radical (unpaired) electrons. The summed E-state index contributed by atoms with van der Waals surface area (Å²) >= 11 is 6.27. The number of carbonyl (C=O) groups is 1. The summed E-state index contributed by atoms with van der Waals surface area (Å²) in [5, 5.41) is 25.2. The number of aliphatic carboxylic acids is 1. The van der Waals surface area contributed by atoms with E-state index in [1.165, 1.54) is 0 Å². The van der Waals surface area contributed by atoms with Crippen LogP contribution >= 0.6 is 11.6 Å². The maximum absolute atomic E-state index is 10.6. The molecule has 4 N–H and O–H groups in total. The lowest BCUT2D eigenvalue weighted by Gasteiger charge is -2.19. The highest BCUT2D eigenvalue weighted by molar-refractivity contribution is 6.29. The van der Waals surface area contributed by atoms with Crippen molar-refractivity contribution in [2.24, 2.45) is 5.73 Å². The number of hydrogen-bond donors (Lipinski definition) is 3. The number of aryl methyl sites for hydroxylation is 1. The van der Waals surface area contributed by atoms with Gasteiger partial charge in [0.2, 0.25) is 0 Å². The van der Waals surface area contributed by atoms with Crippen molar-refractivity contribution >= 4 is 29.0 Å². The number of pyridine rings is 1. The number of rotatable bonds is 5. The Hall–Kier alpha value is -4.21. The predicted octanol–water partition coefficient (Wildman–Crippen LogP) is 5.07. The van der Waals surface area contributed by atoms with Crippen LogP contribution in [0.2, 0.25) is 5.15 Å². The number of hydrogen-bond acceptors (Lipinski definition) is 7. The molecule has 0 unspecified atom stereocenters. The summed E-state index contributed by atoms with van der Waals surface area (Å²) in [6, 6.07) is 15.2. The van der Waals surface area contributed by atoms with Gasteiger partial charge >= 0.3 is 12.1 Å². The molecule has 9 nitrogen and oxygen atoms in total. The van der Waals surface area contributed by atoms with Crippen molar-refractivity contribution in [3.05, 3.63) is 65.1 Å². The van der Waals surface area contributed by atoms with Crippen LogP contribution in [0.15, 0.2) is 48.7 Å². The van der Waals surface area contributed by atoms with Crippen molar-refractivity contribution in [3.8, 4) is 28.5 Å². The molecule has 0 spiro atoms. The second kappa shape index (κ2) is 11.0. The number of carboxylic acids is 1. The van der Waals surface area contributed by atoms with E-state index in [0.717, 1.165) is 22.4 Å². The summed E-state index contributed by atoms with van der Waals surface area (Å²) in [6.45, 7) is 6.33. The number of nitrogens with one attached hydrogen (secondary N) is 1. The number of anilines is 1. The highest BCUT2D eigenvalue weighted by Gasteiger charge is 2.38. The molecule has 0 saturated carbocycles. The van der Waals surface area contributed by atoms with E-state index in [4.69, 9.17) is 37.3 Å². The molecule has 3 heterocycles. The van der Waals surface area contributed by atoms with Crippen LogP contribution in [0.5, 0.6) is 0 Å². The van der Waals surface area contributed by atoms with Crippen LogP contribution < -0.4 is 11.1 Å². The monoisotopic (exact) mass is 545 g/mol. The molecule has 1 aromatic carbocycles. The first-order valence-electron chi connectivity index (χ1n) is 11.1. The smallest absolute Gasteiger partial charge is 0.475 e. The van der Waals surface area contributed by atoms with Crippen molar-refractivity contribution in [2.45, 2.75) is 32.5 Å². The average Bonchev–Trinajstić information content (AvgIpc) is 3.20. The summed E-state index contributed by atoms with van der Waals surface area (Å²) in [5.74, 6) is -2.07. The van der Waals surface area contributed by atoms with Crippen molar-refractivity contribution in [1.29, 1.82) is 5.26 Å². The molecule has 38 heavy (non-hydrogen) atoms. The van der Waals surface area contributed by atoms with Gasteiger partial charge in [0.15, 0.2) is 5.65 Å². The first kappa shape index (κ1) is 28.4. The number of alkyl halides is 3. The minimum atomic E-state index is -5.08. The fourth-order valence-corrected chi connectivity index (χ4v) is 3.61. The predicted molar refractivity (Wildman–Crippen MR) is 137 cm³/mol. The molecule has 0 bridgehead atoms. The maximum Gasteiger partial charge on any atom is 0.490 e. The van der Waals surface area contributed by atoms with Gasteiger partial charge in [0.05, 0.1) is 17.2 Å². The van der Waals surface area contributed by atoms with Gasteiger partial charge in [-0.25, -0.2) is 19.3 Å². The Labute approximate surface area is 220 Å². The second-order valence-corrected chi connectivity index (χ2v) is 9.31. The Kier molecular flexibility index (Phi) is 8.24. The molecule has 0 fully saturated rings. The molecule has 0 atom stereocenters. The Morgan fingerprint density at radius 1 is 1.21 bits per heavy atom. The van der Waals surface area contributed by atoms with E-state index in [9.17, 15) is 18.4 Å². The second-order valence-electron chi connectivity index (χ2n) is 8.93. The summed E-state index contributed by atoms with van der Waals surface area (Å²) in [6.07, 6.45) is -3.24. The molecule has 0 amide bonds. The maximum atomic E-state index is 10.6. The van der Waals surface area contributed by atoms with Crippen molar-refractivity contribution in [3.63, 3.8) is 0 Å². The largest absolute Gasteiger partial charge is 0.490 e. The van der Waals surface area contributed by atoms with E-state index in [2.05, 4.69) is 16.4 Å². The van der Waals surface area contributed by atoms with Gasteiger partial charge in [0, 0.05) is 29.5 Å². The molecule has 198 valence electrons. The number of halogens is 4. The number of aromatic nitrogens is 4. The van der Waals surface area contributed by atoms with E-state index in [0.29, 0.717) is 34.4 Å². The molecule has 13 heteroatoms. The Morgan fingerprint density at radius 2 is 1.87 bits per heavy atom. The zero-order valence-corrected chi connectivity index (χ0v) is 21.3. The van der Waals surface area contributed by atoms with Crippen LogP contribution in [0.3, 0.4) is 0 Å². The Morgan fingerprint density at radius 3 is 2.45 bits per heavy atom. The van der Waals surface area contributed by atoms with Crippen LogP contribution in [-0.4, -0.2) is 48.9 Å². The summed E-state index contributed by atoms with van der Waals surface area (Å²) in [5.41, 5.74) is 10.7. The van der Waals surface area contributed by atoms with E-state index < -0.39 is 12.1 Å². The third-order valence-electron chi connectivity index (χ3n) is 4.97. The molecule has 0 aliphatic carbocycles. The standard InChI is InChI=1S/C23H22ClN7.C2HF3O2/c1-14-10-16(11-18(24)28-14)20-21(17-7-5-4-6-15(17)12-25)30-31-9-8-19(29-22(20)31)27-13-23(2,3)26;3-2(4,5)1(6)7/h4-11H,13,26H2,1-3H3,(H,27,29);(H,6,7). The number of carboxylic acid groups (broad SMARTS) is 1. The zero-order chi connectivity index (χ0) is 28.3. The molecule has 4 rings (SSSR count). The molecule has 0 aliphatic heterocycles. The lowest BCUT2D eigenvalue weighted by atomic mass is 9.98. The minimum absolute atomic E-state index is 0.382. The number of nitrogens with zero attached hydrogens (tertiary/aromatic N) is 5. The van der Waals surface area contributed by atoms with Crippen LogP contribution in [0.1, 0.15) is 25.1 Å². The van der Waals surface area contributed by atoms with E-state index in [1.54, 1.807) is 16.6 Å². The number of fused-ring (bicyclic) bond motifs is 1. The molecular formula is C25H23ClF3N7O2. The summed E-state index contributed by atoms with van der Waals surface area (Å²) in [7, 11) is 0. The first-order valence-corrected chi connectivity index (χ1v) is 11.4. The van der Waals surface area contributed by atoms with Gasteiger partial charge in [-0.1, -0.05) is 29.8 Å². The van der Waals surface area contributed by atoms with Crippen LogP contribution in [0, 0.1) is 18.3 Å². The molecule has 4 aromatic rings. The Balaban J connectivity index is 0.000000505. The highest BCUT2D eigenvalue weighted by atomic mass is 35.5. The van der Waals surface area contributed by atoms with Crippen molar-refractivity contribution in [2.75, 3.05) is 11.9 Å². The SMILES string of the molecule is Cc1cc(-c2c(-c3ccccc3C#N)nn3ccc(NCC(C)(C)N)nc23)cc(Cl)n1.O=C(O)C(F)(F)F. The van der Waals surface area contributed by atoms with E-state index in [1.807, 2.05) is 57.3 Å². The lowest BCUT2D eigenvalue weighted by Crippen LogP contribution is -2.39. The normalized spacial score (nSPS) is 11.4. The van der Waals surface area contributed by atoms with Crippen LogP contribution in [-0.2, 0) is 4.79 Å².